The summed E-state index contributed by atoms with van der Waals surface area (Å²) >= 11 is 0. The van der Waals surface area contributed by atoms with E-state index in [1.807, 2.05) is 41.1 Å². The molecule has 32 heavy (non-hydrogen) atoms. The van der Waals surface area contributed by atoms with Crippen LogP contribution in [0.1, 0.15) is 48.2 Å². The molecule has 4 aromatic rings. The third kappa shape index (κ3) is 3.23. The highest BCUT2D eigenvalue weighted by Crippen LogP contribution is 2.50. The summed E-state index contributed by atoms with van der Waals surface area (Å²) in [7, 11) is 0. The number of benzene rings is 3. The lowest BCUT2D eigenvalue weighted by molar-refractivity contribution is 0.471. The molecule has 158 valence electrons. The predicted octanol–water partition coefficient (Wildman–Crippen LogP) is 5.44. The van der Waals surface area contributed by atoms with Gasteiger partial charge >= 0.3 is 0 Å². The molecule has 0 saturated carbocycles. The van der Waals surface area contributed by atoms with Crippen molar-refractivity contribution in [1.82, 2.24) is 9.66 Å². The van der Waals surface area contributed by atoms with Crippen molar-refractivity contribution >= 4 is 17.0 Å². The Labute approximate surface area is 187 Å². The molecule has 0 spiro atoms. The average molecular weight is 420 g/mol. The first-order valence-electron chi connectivity index (χ1n) is 11.4. The Kier molecular flexibility index (Phi) is 4.64. The van der Waals surface area contributed by atoms with Crippen LogP contribution in [-0.4, -0.2) is 15.7 Å². The predicted molar refractivity (Wildman–Crippen MR) is 129 cm³/mol. The Morgan fingerprint density at radius 3 is 2.44 bits per heavy atom. The summed E-state index contributed by atoms with van der Waals surface area (Å²) < 4.78 is 1.89. The molecule has 1 saturated heterocycles. The first kappa shape index (κ1) is 19.1. The Morgan fingerprint density at radius 2 is 1.62 bits per heavy atom. The SMILES string of the molecule is O=c1c2ccccc2nc2n1N1C(C[C@H]2CC/C=C/c2ccccc2)C1c1ccccc1. The standard InChI is InChI=1S/C28H25N3O/c32-28-23-17-9-10-18-24(23)29-27-22(16-8-7-13-20-11-3-1-4-12-20)19-25-26(30(25)31(27)28)21-14-5-2-6-15-21/h1-7,9-15,17-18,22,25-26H,8,16,19H2/b13-7+/t22-,25?,26?,30?/m1/s1. The van der Waals surface area contributed by atoms with Gasteiger partial charge in [0.25, 0.3) is 5.56 Å². The maximum Gasteiger partial charge on any atom is 0.280 e. The lowest BCUT2D eigenvalue weighted by Crippen LogP contribution is -2.38. The molecule has 3 aromatic carbocycles. The quantitative estimate of drug-likeness (QED) is 0.404. The summed E-state index contributed by atoms with van der Waals surface area (Å²) in [4.78, 5) is 18.5. The molecular weight excluding hydrogens is 394 g/mol. The van der Waals surface area contributed by atoms with Crippen LogP contribution in [0.5, 0.6) is 0 Å². The fraction of sp³-hybridized carbons (Fsp3) is 0.214. The van der Waals surface area contributed by atoms with Crippen molar-refractivity contribution in [3.05, 3.63) is 118 Å². The van der Waals surface area contributed by atoms with E-state index in [0.29, 0.717) is 11.4 Å². The van der Waals surface area contributed by atoms with Gasteiger partial charge in [0.05, 0.1) is 23.0 Å². The molecule has 1 aromatic heterocycles. The van der Waals surface area contributed by atoms with Crippen molar-refractivity contribution in [3.8, 4) is 0 Å². The largest absolute Gasteiger partial charge is 0.293 e. The highest BCUT2D eigenvalue weighted by Gasteiger charge is 2.54. The van der Waals surface area contributed by atoms with Crippen molar-refractivity contribution in [3.63, 3.8) is 0 Å². The highest BCUT2D eigenvalue weighted by atomic mass is 16.1. The topological polar surface area (TPSA) is 37.9 Å². The zero-order chi connectivity index (χ0) is 21.5. The van der Waals surface area contributed by atoms with Crippen LogP contribution in [-0.2, 0) is 0 Å². The minimum atomic E-state index is 0.0542. The maximum absolute atomic E-state index is 13.5. The summed E-state index contributed by atoms with van der Waals surface area (Å²) in [5, 5.41) is 2.93. The van der Waals surface area contributed by atoms with E-state index in [9.17, 15) is 4.79 Å². The van der Waals surface area contributed by atoms with E-state index >= 15 is 0 Å². The van der Waals surface area contributed by atoms with E-state index in [-0.39, 0.29) is 17.5 Å². The molecule has 0 radical (unpaired) electrons. The monoisotopic (exact) mass is 419 g/mol. The highest BCUT2D eigenvalue weighted by molar-refractivity contribution is 5.77. The normalized spacial score (nSPS) is 21.5. The average Bonchev–Trinajstić information content (AvgIpc) is 3.57. The summed E-state index contributed by atoms with van der Waals surface area (Å²) in [5.41, 5.74) is 3.34. The smallest absolute Gasteiger partial charge is 0.280 e. The molecule has 4 heteroatoms. The Morgan fingerprint density at radius 1 is 0.906 bits per heavy atom. The number of allylic oxidation sites excluding steroid dienone is 1. The number of hydrogen-bond acceptors (Lipinski definition) is 3. The van der Waals surface area contributed by atoms with E-state index in [1.165, 1.54) is 11.1 Å². The van der Waals surface area contributed by atoms with Gasteiger partial charge in [0, 0.05) is 5.92 Å². The molecule has 2 aliphatic rings. The lowest BCUT2D eigenvalue weighted by Gasteiger charge is -2.26. The third-order valence-electron chi connectivity index (χ3n) is 6.73. The summed E-state index contributed by atoms with van der Waals surface area (Å²) in [6, 6.07) is 29.2. The van der Waals surface area contributed by atoms with Crippen LogP contribution in [0.25, 0.3) is 17.0 Å². The van der Waals surface area contributed by atoms with Gasteiger partial charge in [0.1, 0.15) is 5.82 Å². The third-order valence-corrected chi connectivity index (χ3v) is 6.73. The number of para-hydroxylation sites is 1. The molecule has 6 rings (SSSR count). The van der Waals surface area contributed by atoms with Crippen molar-refractivity contribution in [1.29, 1.82) is 0 Å². The molecule has 0 N–H and O–H groups in total. The Bertz CT molecular complexity index is 1340. The molecule has 3 atom stereocenters. The van der Waals surface area contributed by atoms with Crippen LogP contribution in [0.3, 0.4) is 0 Å². The second kappa shape index (κ2) is 7.79. The fourth-order valence-electron chi connectivity index (χ4n) is 5.15. The zero-order valence-corrected chi connectivity index (χ0v) is 17.8. The van der Waals surface area contributed by atoms with Gasteiger partial charge in [-0.2, -0.15) is 0 Å². The second-order valence-electron chi connectivity index (χ2n) is 8.73. The van der Waals surface area contributed by atoms with Crippen LogP contribution in [0.2, 0.25) is 0 Å². The first-order chi connectivity index (χ1) is 15.8. The van der Waals surface area contributed by atoms with Crippen molar-refractivity contribution in [2.24, 2.45) is 0 Å². The fourth-order valence-corrected chi connectivity index (χ4v) is 5.15. The zero-order valence-electron chi connectivity index (χ0n) is 17.8. The van der Waals surface area contributed by atoms with E-state index in [0.717, 1.165) is 30.6 Å². The van der Waals surface area contributed by atoms with E-state index in [2.05, 4.69) is 65.7 Å². The number of nitrogens with zero attached hydrogens (tertiary/aromatic N) is 3. The van der Waals surface area contributed by atoms with Crippen molar-refractivity contribution in [2.75, 3.05) is 5.01 Å². The van der Waals surface area contributed by atoms with Gasteiger partial charge in [-0.25, -0.2) is 9.66 Å². The van der Waals surface area contributed by atoms with Crippen molar-refractivity contribution in [2.45, 2.75) is 37.3 Å². The van der Waals surface area contributed by atoms with E-state index < -0.39 is 0 Å². The summed E-state index contributed by atoms with van der Waals surface area (Å²) in [6.45, 7) is 0. The van der Waals surface area contributed by atoms with E-state index in [1.54, 1.807) is 0 Å². The number of rotatable bonds is 5. The summed E-state index contributed by atoms with van der Waals surface area (Å²) in [5.74, 6) is 1.18. The minimum absolute atomic E-state index is 0.0542. The lowest BCUT2D eigenvalue weighted by atomic mass is 9.93. The molecule has 2 unspecified atom stereocenters. The number of fused-ring (bicyclic) bond motifs is 4. The molecule has 1 fully saturated rings. The number of hydrogen-bond donors (Lipinski definition) is 0. The maximum atomic E-state index is 13.5. The molecule has 0 aliphatic carbocycles. The molecule has 0 bridgehead atoms. The van der Waals surface area contributed by atoms with E-state index in [4.69, 9.17) is 4.98 Å². The Hall–Kier alpha value is -3.66. The van der Waals surface area contributed by atoms with Gasteiger partial charge in [0.15, 0.2) is 0 Å². The van der Waals surface area contributed by atoms with Crippen LogP contribution in [0.4, 0.5) is 0 Å². The molecule has 2 aliphatic heterocycles. The van der Waals surface area contributed by atoms with Gasteiger partial charge in [0.2, 0.25) is 0 Å². The summed E-state index contributed by atoms with van der Waals surface area (Å²) in [6.07, 6.45) is 7.40. The van der Waals surface area contributed by atoms with Gasteiger partial charge in [-0.3, -0.25) is 9.80 Å². The molecule has 4 nitrogen and oxygen atoms in total. The van der Waals surface area contributed by atoms with Crippen LogP contribution >= 0.6 is 0 Å². The van der Waals surface area contributed by atoms with Crippen LogP contribution in [0, 0.1) is 0 Å². The molecular formula is C28H25N3O. The minimum Gasteiger partial charge on any atom is -0.293 e. The first-order valence-corrected chi connectivity index (χ1v) is 11.4. The number of aromatic nitrogens is 2. The van der Waals surface area contributed by atoms with Crippen LogP contribution < -0.4 is 10.6 Å². The second-order valence-corrected chi connectivity index (χ2v) is 8.73. The van der Waals surface area contributed by atoms with Gasteiger partial charge in [-0.15, -0.1) is 0 Å². The Balaban J connectivity index is 1.34. The van der Waals surface area contributed by atoms with Crippen LogP contribution in [0.15, 0.2) is 95.8 Å². The van der Waals surface area contributed by atoms with Gasteiger partial charge in [-0.1, -0.05) is 84.9 Å². The molecule has 3 heterocycles. The van der Waals surface area contributed by atoms with Gasteiger partial charge in [-0.05, 0) is 42.5 Å². The molecule has 0 amide bonds. The van der Waals surface area contributed by atoms with Crippen molar-refractivity contribution < 1.29 is 0 Å². The van der Waals surface area contributed by atoms with Gasteiger partial charge < -0.3 is 0 Å².